The third-order valence-electron chi connectivity index (χ3n) is 1.94. The number of nitrogens with zero attached hydrogens (tertiary/aromatic N) is 2. The molecule has 0 unspecified atom stereocenters. The van der Waals surface area contributed by atoms with Gasteiger partial charge in [-0.1, -0.05) is 23.2 Å². The minimum atomic E-state index is 0.371. The van der Waals surface area contributed by atoms with Crippen LogP contribution in [0.2, 0.25) is 10.0 Å². The molecule has 1 aromatic heterocycles. The second-order valence-corrected chi connectivity index (χ2v) is 4.75. The van der Waals surface area contributed by atoms with Gasteiger partial charge in [0.05, 0.1) is 9.50 Å². The molecule has 0 aliphatic heterocycles. The molecule has 0 radical (unpaired) electrons. The van der Waals surface area contributed by atoms with Crippen LogP contribution in [0.4, 0.5) is 5.82 Å². The summed E-state index contributed by atoms with van der Waals surface area (Å²) in [5, 5.41) is 1.06. The lowest BCUT2D eigenvalue weighted by atomic mass is 10.2. The Morgan fingerprint density at radius 1 is 1.25 bits per heavy atom. The summed E-state index contributed by atoms with van der Waals surface area (Å²) >= 11 is 15.1. The molecule has 1 aromatic carbocycles. The Morgan fingerprint density at radius 2 is 2.00 bits per heavy atom. The molecule has 2 rings (SSSR count). The average molecular weight is 319 g/mol. The summed E-state index contributed by atoms with van der Waals surface area (Å²) in [5.74, 6) is 0.846. The molecule has 82 valence electrons. The van der Waals surface area contributed by atoms with E-state index >= 15 is 0 Å². The predicted molar refractivity (Wildman–Crippen MR) is 69.6 cm³/mol. The molecular formula is C10H6BrCl2N3. The number of aromatic nitrogens is 2. The summed E-state index contributed by atoms with van der Waals surface area (Å²) in [5.41, 5.74) is 6.37. The fourth-order valence-electron chi connectivity index (χ4n) is 1.18. The lowest BCUT2D eigenvalue weighted by Crippen LogP contribution is -1.96. The summed E-state index contributed by atoms with van der Waals surface area (Å²) in [4.78, 5) is 8.26. The maximum atomic E-state index is 6.04. The highest BCUT2D eigenvalue weighted by molar-refractivity contribution is 9.10. The normalized spacial score (nSPS) is 10.4. The third-order valence-corrected chi connectivity index (χ3v) is 3.10. The first-order valence-corrected chi connectivity index (χ1v) is 5.86. The molecular weight excluding hydrogens is 313 g/mol. The third kappa shape index (κ3) is 2.29. The zero-order chi connectivity index (χ0) is 11.7. The maximum Gasteiger partial charge on any atom is 0.163 e. The highest BCUT2D eigenvalue weighted by Gasteiger charge is 2.08. The van der Waals surface area contributed by atoms with Crippen molar-refractivity contribution < 1.29 is 0 Å². The number of hydrogen-bond acceptors (Lipinski definition) is 3. The largest absolute Gasteiger partial charge is 0.383 e. The number of rotatable bonds is 1. The molecule has 0 bridgehead atoms. The van der Waals surface area contributed by atoms with Crippen molar-refractivity contribution >= 4 is 44.9 Å². The first-order chi connectivity index (χ1) is 7.58. The number of nitrogen functional groups attached to an aromatic ring is 1. The summed E-state index contributed by atoms with van der Waals surface area (Å²) in [6, 6.07) is 5.12. The molecule has 0 amide bonds. The van der Waals surface area contributed by atoms with Crippen LogP contribution in [0.3, 0.4) is 0 Å². The van der Waals surface area contributed by atoms with E-state index in [0.717, 1.165) is 0 Å². The molecule has 0 atom stereocenters. The van der Waals surface area contributed by atoms with E-state index in [2.05, 4.69) is 25.9 Å². The molecule has 3 nitrogen and oxygen atoms in total. The topological polar surface area (TPSA) is 51.8 Å². The van der Waals surface area contributed by atoms with Gasteiger partial charge in [0.15, 0.2) is 5.82 Å². The van der Waals surface area contributed by atoms with E-state index in [1.165, 1.54) is 0 Å². The number of benzene rings is 1. The number of halogens is 3. The molecule has 16 heavy (non-hydrogen) atoms. The Kier molecular flexibility index (Phi) is 3.33. The molecule has 0 fully saturated rings. The highest BCUT2D eigenvalue weighted by Crippen LogP contribution is 2.29. The van der Waals surface area contributed by atoms with Crippen molar-refractivity contribution in [2.75, 3.05) is 5.73 Å². The fourth-order valence-corrected chi connectivity index (χ4v) is 1.86. The fraction of sp³-hybridized carbons (Fsp3) is 0. The van der Waals surface area contributed by atoms with E-state index in [9.17, 15) is 0 Å². The second-order valence-electron chi connectivity index (χ2n) is 3.05. The van der Waals surface area contributed by atoms with Crippen molar-refractivity contribution in [2.45, 2.75) is 0 Å². The van der Waals surface area contributed by atoms with Gasteiger partial charge in [-0.2, -0.15) is 0 Å². The van der Waals surface area contributed by atoms with E-state index in [1.807, 2.05) is 0 Å². The van der Waals surface area contributed by atoms with Crippen molar-refractivity contribution in [3.05, 3.63) is 38.9 Å². The number of nitrogens with two attached hydrogens (primary N) is 1. The molecule has 2 N–H and O–H groups in total. The first-order valence-electron chi connectivity index (χ1n) is 4.31. The zero-order valence-electron chi connectivity index (χ0n) is 7.92. The van der Waals surface area contributed by atoms with Crippen molar-refractivity contribution in [3.63, 3.8) is 0 Å². The summed E-state index contributed by atoms with van der Waals surface area (Å²) < 4.78 is 0.654. The Morgan fingerprint density at radius 3 is 2.62 bits per heavy atom. The Balaban J connectivity index is 2.54. The molecule has 0 aliphatic carbocycles. The molecule has 2 aromatic rings. The number of hydrogen-bond donors (Lipinski definition) is 1. The Bertz CT molecular complexity index is 546. The van der Waals surface area contributed by atoms with Crippen molar-refractivity contribution in [2.24, 2.45) is 0 Å². The summed E-state index contributed by atoms with van der Waals surface area (Å²) in [6.07, 6.45) is 1.59. The van der Waals surface area contributed by atoms with Gasteiger partial charge in [-0.15, -0.1) is 0 Å². The van der Waals surface area contributed by atoms with Crippen molar-refractivity contribution in [1.82, 2.24) is 9.97 Å². The van der Waals surface area contributed by atoms with E-state index < -0.39 is 0 Å². The smallest absolute Gasteiger partial charge is 0.163 e. The van der Waals surface area contributed by atoms with Gasteiger partial charge >= 0.3 is 0 Å². The van der Waals surface area contributed by atoms with E-state index in [4.69, 9.17) is 28.9 Å². The van der Waals surface area contributed by atoms with Gasteiger partial charge in [0, 0.05) is 16.8 Å². The van der Waals surface area contributed by atoms with Gasteiger partial charge in [0.2, 0.25) is 0 Å². The van der Waals surface area contributed by atoms with Crippen LogP contribution in [0.25, 0.3) is 11.4 Å². The van der Waals surface area contributed by atoms with Crippen LogP contribution in [-0.4, -0.2) is 9.97 Å². The van der Waals surface area contributed by atoms with Crippen LogP contribution in [0.5, 0.6) is 0 Å². The van der Waals surface area contributed by atoms with Crippen LogP contribution >= 0.6 is 39.1 Å². The first kappa shape index (κ1) is 11.6. The van der Waals surface area contributed by atoms with Gasteiger partial charge in [-0.25, -0.2) is 9.97 Å². The van der Waals surface area contributed by atoms with Gasteiger partial charge in [0.25, 0.3) is 0 Å². The lowest BCUT2D eigenvalue weighted by molar-refractivity contribution is 1.17. The van der Waals surface area contributed by atoms with Gasteiger partial charge in [0.1, 0.15) is 5.82 Å². The summed E-state index contributed by atoms with van der Waals surface area (Å²) in [6.45, 7) is 0. The highest BCUT2D eigenvalue weighted by atomic mass is 79.9. The second kappa shape index (κ2) is 4.57. The number of anilines is 1. The lowest BCUT2D eigenvalue weighted by Gasteiger charge is -2.04. The molecule has 0 saturated heterocycles. The molecule has 0 saturated carbocycles. The van der Waals surface area contributed by atoms with Crippen LogP contribution < -0.4 is 5.73 Å². The summed E-state index contributed by atoms with van der Waals surface area (Å²) in [7, 11) is 0. The molecule has 0 aliphatic rings. The Labute approximate surface area is 111 Å². The van der Waals surface area contributed by atoms with Gasteiger partial charge < -0.3 is 5.73 Å². The van der Waals surface area contributed by atoms with Crippen molar-refractivity contribution in [3.8, 4) is 11.4 Å². The molecule has 0 spiro atoms. The van der Waals surface area contributed by atoms with Crippen LogP contribution in [-0.2, 0) is 0 Å². The van der Waals surface area contributed by atoms with E-state index in [0.29, 0.717) is 31.7 Å². The van der Waals surface area contributed by atoms with Crippen LogP contribution in [0.15, 0.2) is 28.9 Å². The average Bonchev–Trinajstić information content (AvgIpc) is 2.22. The van der Waals surface area contributed by atoms with Crippen LogP contribution in [0, 0.1) is 0 Å². The zero-order valence-corrected chi connectivity index (χ0v) is 11.0. The minimum absolute atomic E-state index is 0.371. The SMILES string of the molecule is Nc1nc(-c2ccc(Cl)cc2Cl)ncc1Br. The maximum absolute atomic E-state index is 6.04. The predicted octanol–water partition coefficient (Wildman–Crippen LogP) is 3.80. The molecule has 1 heterocycles. The standard InChI is InChI=1S/C10H6BrCl2N3/c11-7-4-15-10(16-9(7)14)6-2-1-5(12)3-8(6)13/h1-4H,(H2,14,15,16). The Hall–Kier alpha value is -0.840. The van der Waals surface area contributed by atoms with Crippen molar-refractivity contribution in [1.29, 1.82) is 0 Å². The van der Waals surface area contributed by atoms with Gasteiger partial charge in [-0.3, -0.25) is 0 Å². The van der Waals surface area contributed by atoms with Gasteiger partial charge in [-0.05, 0) is 34.1 Å². The quantitative estimate of drug-likeness (QED) is 0.870. The van der Waals surface area contributed by atoms with Crippen LogP contribution in [0.1, 0.15) is 0 Å². The monoisotopic (exact) mass is 317 g/mol. The molecule has 6 heteroatoms. The van der Waals surface area contributed by atoms with E-state index in [-0.39, 0.29) is 0 Å². The van der Waals surface area contributed by atoms with E-state index in [1.54, 1.807) is 24.4 Å². The minimum Gasteiger partial charge on any atom is -0.383 e.